The van der Waals surface area contributed by atoms with Gasteiger partial charge in [0, 0.05) is 19.5 Å². The number of carboxylic acid groups (broad SMARTS) is 1. The summed E-state index contributed by atoms with van der Waals surface area (Å²) in [5, 5.41) is 15.8. The minimum atomic E-state index is -1.22. The number of hydrogen-bond donors (Lipinski definition) is 5. The molecule has 1 aliphatic heterocycles. The smallest absolute Gasteiger partial charge is 0.328 e. The molecule has 0 radical (unpaired) electrons. The summed E-state index contributed by atoms with van der Waals surface area (Å²) >= 11 is 0. The second-order valence-electron chi connectivity index (χ2n) is 5.99. The Kier molecular flexibility index (Phi) is 9.82. The normalized spacial score (nSPS) is 14.8. The molecule has 0 aliphatic carbocycles. The van der Waals surface area contributed by atoms with Crippen molar-refractivity contribution >= 4 is 29.7 Å². The van der Waals surface area contributed by atoms with Crippen molar-refractivity contribution in [3.8, 4) is 0 Å². The fraction of sp³-hybridized carbons (Fsp3) is 0.389. The number of piperazine rings is 1. The Morgan fingerprint density at radius 2 is 1.69 bits per heavy atom. The SMILES string of the molecule is COC(=O)[C@H](Cc1ccccc1)NC(=O)[C@@H](N)CC(=O)O.O=C1NCCNC1=O. The molecule has 1 fully saturated rings. The Morgan fingerprint density at radius 3 is 2.14 bits per heavy atom. The van der Waals surface area contributed by atoms with Crippen molar-refractivity contribution in [1.82, 2.24) is 16.0 Å². The lowest BCUT2D eigenvalue weighted by Gasteiger charge is -2.18. The van der Waals surface area contributed by atoms with Gasteiger partial charge in [-0.2, -0.15) is 0 Å². The van der Waals surface area contributed by atoms with Gasteiger partial charge >= 0.3 is 23.8 Å². The van der Waals surface area contributed by atoms with Crippen LogP contribution in [0.2, 0.25) is 0 Å². The highest BCUT2D eigenvalue weighted by atomic mass is 16.5. The number of carbonyl (C=O) groups is 5. The van der Waals surface area contributed by atoms with Crippen LogP contribution in [0.5, 0.6) is 0 Å². The molecule has 0 bridgehead atoms. The average Bonchev–Trinajstić information content (AvgIpc) is 2.69. The molecule has 1 saturated heterocycles. The Labute approximate surface area is 167 Å². The molecule has 1 aliphatic rings. The maximum Gasteiger partial charge on any atom is 0.328 e. The van der Waals surface area contributed by atoms with Crippen molar-refractivity contribution in [3.05, 3.63) is 35.9 Å². The molecular weight excluding hydrogens is 384 g/mol. The number of carboxylic acids is 1. The molecule has 158 valence electrons. The van der Waals surface area contributed by atoms with Crippen LogP contribution in [0.25, 0.3) is 0 Å². The highest BCUT2D eigenvalue weighted by Gasteiger charge is 2.25. The number of amides is 3. The van der Waals surface area contributed by atoms with Gasteiger partial charge in [-0.25, -0.2) is 4.79 Å². The van der Waals surface area contributed by atoms with Crippen LogP contribution < -0.4 is 21.7 Å². The topological polar surface area (TPSA) is 177 Å². The Morgan fingerprint density at radius 1 is 1.14 bits per heavy atom. The third kappa shape index (κ3) is 8.84. The van der Waals surface area contributed by atoms with Crippen molar-refractivity contribution < 1.29 is 33.8 Å². The average molecular weight is 408 g/mol. The zero-order valence-corrected chi connectivity index (χ0v) is 15.8. The number of ether oxygens (including phenoxy) is 1. The number of rotatable bonds is 7. The van der Waals surface area contributed by atoms with Gasteiger partial charge in [-0.05, 0) is 5.56 Å². The van der Waals surface area contributed by atoms with Gasteiger partial charge in [0.25, 0.3) is 0 Å². The van der Waals surface area contributed by atoms with E-state index in [1.54, 1.807) is 12.1 Å². The van der Waals surface area contributed by atoms with Crippen molar-refractivity contribution in [3.63, 3.8) is 0 Å². The van der Waals surface area contributed by atoms with Gasteiger partial charge in [-0.15, -0.1) is 0 Å². The number of nitrogens with one attached hydrogen (secondary N) is 3. The monoisotopic (exact) mass is 408 g/mol. The van der Waals surface area contributed by atoms with Crippen LogP contribution in [0.1, 0.15) is 12.0 Å². The Balaban J connectivity index is 0.000000436. The molecule has 2 atom stereocenters. The third-order valence-electron chi connectivity index (χ3n) is 3.72. The first kappa shape index (κ1) is 23.6. The number of benzene rings is 1. The summed E-state index contributed by atoms with van der Waals surface area (Å²) in [5.74, 6) is -3.57. The Hall–Kier alpha value is -3.47. The number of nitrogens with two attached hydrogens (primary N) is 1. The number of esters is 1. The maximum absolute atomic E-state index is 11.8. The van der Waals surface area contributed by atoms with Gasteiger partial charge in [0.15, 0.2) is 0 Å². The molecule has 0 saturated carbocycles. The van der Waals surface area contributed by atoms with E-state index in [0.29, 0.717) is 13.1 Å². The van der Waals surface area contributed by atoms with E-state index >= 15 is 0 Å². The molecule has 0 unspecified atom stereocenters. The van der Waals surface area contributed by atoms with E-state index in [1.807, 2.05) is 18.2 Å². The van der Waals surface area contributed by atoms with Crippen LogP contribution in [0.15, 0.2) is 30.3 Å². The maximum atomic E-state index is 11.8. The third-order valence-corrected chi connectivity index (χ3v) is 3.72. The molecule has 0 spiro atoms. The summed E-state index contributed by atoms with van der Waals surface area (Å²) in [4.78, 5) is 54.6. The number of methoxy groups -OCH3 is 1. The summed E-state index contributed by atoms with van der Waals surface area (Å²) in [6, 6.07) is 6.93. The van der Waals surface area contributed by atoms with Crippen molar-refractivity contribution in [2.24, 2.45) is 5.73 Å². The summed E-state index contributed by atoms with van der Waals surface area (Å²) in [7, 11) is 1.21. The fourth-order valence-corrected chi connectivity index (χ4v) is 2.26. The summed E-state index contributed by atoms with van der Waals surface area (Å²) in [5.41, 5.74) is 6.29. The number of aliphatic carboxylic acids is 1. The van der Waals surface area contributed by atoms with Gasteiger partial charge in [0.1, 0.15) is 6.04 Å². The van der Waals surface area contributed by atoms with Gasteiger partial charge in [0.05, 0.1) is 19.6 Å². The second-order valence-corrected chi connectivity index (χ2v) is 5.99. The largest absolute Gasteiger partial charge is 0.481 e. The zero-order chi connectivity index (χ0) is 21.8. The Bertz CT molecular complexity index is 723. The van der Waals surface area contributed by atoms with E-state index in [4.69, 9.17) is 10.8 Å². The van der Waals surface area contributed by atoms with Crippen LogP contribution in [-0.2, 0) is 35.1 Å². The predicted molar refractivity (Wildman–Crippen MR) is 100 cm³/mol. The lowest BCUT2D eigenvalue weighted by Crippen LogP contribution is -2.50. The molecular formula is C18H24N4O7. The highest BCUT2D eigenvalue weighted by molar-refractivity contribution is 6.35. The van der Waals surface area contributed by atoms with Crippen molar-refractivity contribution in [1.29, 1.82) is 0 Å². The first-order chi connectivity index (χ1) is 13.7. The molecule has 29 heavy (non-hydrogen) atoms. The fourth-order valence-electron chi connectivity index (χ4n) is 2.26. The van der Waals surface area contributed by atoms with Crippen LogP contribution >= 0.6 is 0 Å². The first-order valence-corrected chi connectivity index (χ1v) is 8.70. The quantitative estimate of drug-likeness (QED) is 0.252. The van der Waals surface area contributed by atoms with Gasteiger partial charge < -0.3 is 31.5 Å². The zero-order valence-electron chi connectivity index (χ0n) is 15.8. The van der Waals surface area contributed by atoms with Crippen LogP contribution in [0.3, 0.4) is 0 Å². The van der Waals surface area contributed by atoms with Gasteiger partial charge in [0.2, 0.25) is 5.91 Å². The molecule has 1 heterocycles. The molecule has 0 aromatic heterocycles. The minimum Gasteiger partial charge on any atom is -0.481 e. The summed E-state index contributed by atoms with van der Waals surface area (Å²) in [6.07, 6.45) is -0.274. The molecule has 1 aromatic rings. The van der Waals surface area contributed by atoms with Crippen LogP contribution in [0.4, 0.5) is 0 Å². The van der Waals surface area contributed by atoms with Crippen molar-refractivity contribution in [2.75, 3.05) is 20.2 Å². The standard InChI is InChI=1S/C14H18N2O5.C4H6N2O2/c1-21-14(20)11(7-9-5-3-2-4-6-9)16-13(19)10(15)8-12(17)18;7-3-4(8)6-2-1-5-3/h2-6,10-11H,7-8,15H2,1H3,(H,16,19)(H,17,18);1-2H2,(H,5,7)(H,6,8)/t10-,11-;/m0./s1. The van der Waals surface area contributed by atoms with Crippen LogP contribution in [-0.4, -0.2) is 67.0 Å². The molecule has 6 N–H and O–H groups in total. The second kappa shape index (κ2) is 12.1. The first-order valence-electron chi connectivity index (χ1n) is 8.70. The van der Waals surface area contributed by atoms with Crippen LogP contribution in [0, 0.1) is 0 Å². The lowest BCUT2D eigenvalue weighted by atomic mass is 10.1. The van der Waals surface area contributed by atoms with Gasteiger partial charge in [-0.3, -0.25) is 19.2 Å². The molecule has 2 rings (SSSR count). The summed E-state index contributed by atoms with van der Waals surface area (Å²) < 4.78 is 4.64. The molecule has 1 aromatic carbocycles. The van der Waals surface area contributed by atoms with E-state index in [-0.39, 0.29) is 6.42 Å². The molecule has 11 heteroatoms. The van der Waals surface area contributed by atoms with E-state index in [2.05, 4.69) is 20.7 Å². The predicted octanol–water partition coefficient (Wildman–Crippen LogP) is -2.08. The van der Waals surface area contributed by atoms with E-state index < -0.39 is 48.2 Å². The van der Waals surface area contributed by atoms with E-state index in [0.717, 1.165) is 5.56 Å². The lowest BCUT2D eigenvalue weighted by molar-refractivity contribution is -0.145. The highest BCUT2D eigenvalue weighted by Crippen LogP contribution is 2.05. The number of carbonyl (C=O) groups excluding carboxylic acids is 4. The minimum absolute atomic E-state index is 0.235. The van der Waals surface area contributed by atoms with E-state index in [9.17, 15) is 24.0 Å². The van der Waals surface area contributed by atoms with E-state index in [1.165, 1.54) is 7.11 Å². The molecule has 11 nitrogen and oxygen atoms in total. The number of hydrogen-bond acceptors (Lipinski definition) is 7. The summed E-state index contributed by atoms with van der Waals surface area (Å²) in [6.45, 7) is 1.09. The molecule has 3 amide bonds. The van der Waals surface area contributed by atoms with Gasteiger partial charge in [-0.1, -0.05) is 30.3 Å². The van der Waals surface area contributed by atoms with Crippen molar-refractivity contribution in [2.45, 2.75) is 24.9 Å².